The largest absolute Gasteiger partial charge is 0.268 e. The molecular weight excluding hydrogens is 143 g/mol. The maximum absolute atomic E-state index is 13.2. The summed E-state index contributed by atoms with van der Waals surface area (Å²) in [5.74, 6) is 6.16. The topological polar surface area (TPSA) is 29.3 Å². The summed E-state index contributed by atoms with van der Waals surface area (Å²) in [7, 11) is 0. The van der Waals surface area contributed by atoms with Crippen molar-refractivity contribution < 1.29 is 4.39 Å². The van der Waals surface area contributed by atoms with Crippen LogP contribution in [0.3, 0.4) is 0 Å². The Morgan fingerprint density at radius 2 is 2.09 bits per heavy atom. The molecule has 0 radical (unpaired) electrons. The molecule has 1 aliphatic heterocycles. The van der Waals surface area contributed by atoms with Crippen LogP contribution in [0.4, 0.5) is 4.39 Å². The fraction of sp³-hybridized carbons (Fsp3) is 1.00. The van der Waals surface area contributed by atoms with Gasteiger partial charge < -0.3 is 0 Å². The second kappa shape index (κ2) is 1.62. The van der Waals surface area contributed by atoms with E-state index >= 15 is 0 Å². The molecule has 3 rings (SSSR count). The van der Waals surface area contributed by atoms with Crippen LogP contribution >= 0.6 is 0 Å². The lowest BCUT2D eigenvalue weighted by atomic mass is 9.95. The molecule has 3 unspecified atom stereocenters. The van der Waals surface area contributed by atoms with Gasteiger partial charge in [0.2, 0.25) is 0 Å². The third kappa shape index (κ3) is 0.562. The first-order valence-electron chi connectivity index (χ1n) is 4.42. The second-order valence-corrected chi connectivity index (χ2v) is 4.26. The van der Waals surface area contributed by atoms with E-state index in [9.17, 15) is 4.39 Å². The highest BCUT2D eigenvalue weighted by atomic mass is 19.1. The molecule has 3 heteroatoms. The summed E-state index contributed by atoms with van der Waals surface area (Å²) in [6.45, 7) is 0. The van der Waals surface area contributed by atoms with Gasteiger partial charge in [0.05, 0.1) is 0 Å². The molecule has 2 nitrogen and oxygen atoms in total. The van der Waals surface area contributed by atoms with Crippen molar-refractivity contribution in [3.05, 3.63) is 0 Å². The quantitative estimate of drug-likeness (QED) is 0.526. The lowest BCUT2D eigenvalue weighted by Gasteiger charge is -2.33. The second-order valence-electron chi connectivity index (χ2n) is 4.26. The first-order valence-corrected chi connectivity index (χ1v) is 4.42. The number of hydrogen-bond acceptors (Lipinski definition) is 2. The number of alkyl halides is 1. The molecule has 3 fully saturated rings. The van der Waals surface area contributed by atoms with Crippen LogP contribution in [0.15, 0.2) is 0 Å². The van der Waals surface area contributed by atoms with Crippen molar-refractivity contribution in [3.8, 4) is 0 Å². The highest BCUT2D eigenvalue weighted by molar-refractivity contribution is 5.19. The Bertz CT molecular complexity index is 202. The Kier molecular flexibility index (Phi) is 0.937. The minimum Gasteiger partial charge on any atom is -0.268 e. The highest BCUT2D eigenvalue weighted by Crippen LogP contribution is 2.60. The van der Waals surface area contributed by atoms with Crippen LogP contribution in [0.2, 0.25) is 0 Å². The van der Waals surface area contributed by atoms with E-state index < -0.39 is 6.17 Å². The number of nitrogens with two attached hydrogens (primary N) is 1. The molecule has 1 spiro atoms. The van der Waals surface area contributed by atoms with Gasteiger partial charge in [-0.3, -0.25) is 5.84 Å². The van der Waals surface area contributed by atoms with Crippen LogP contribution in [-0.4, -0.2) is 22.8 Å². The average Bonchev–Trinajstić information content (AvgIpc) is 2.61. The van der Waals surface area contributed by atoms with Crippen molar-refractivity contribution in [1.82, 2.24) is 5.01 Å². The third-order valence-corrected chi connectivity index (χ3v) is 3.82. The minimum absolute atomic E-state index is 0.127. The van der Waals surface area contributed by atoms with Crippen LogP contribution in [-0.2, 0) is 0 Å². The summed E-state index contributed by atoms with van der Waals surface area (Å²) in [5, 5.41) is 1.95. The predicted octanol–water partition coefficient (Wildman–Crippen LogP) is 0.825. The summed E-state index contributed by atoms with van der Waals surface area (Å²) in [6, 6.07) is 0.359. The Hall–Kier alpha value is -0.150. The molecule has 2 N–H and O–H groups in total. The van der Waals surface area contributed by atoms with Crippen LogP contribution in [0.5, 0.6) is 0 Å². The molecule has 3 atom stereocenters. The molecule has 2 aliphatic carbocycles. The Balaban J connectivity index is 1.97. The Morgan fingerprint density at radius 3 is 2.55 bits per heavy atom. The summed E-state index contributed by atoms with van der Waals surface area (Å²) in [5.41, 5.74) is 0.127. The van der Waals surface area contributed by atoms with E-state index in [2.05, 4.69) is 0 Å². The molecule has 0 aromatic rings. The molecule has 0 aromatic heterocycles. The normalized spacial score (nSPS) is 52.4. The van der Waals surface area contributed by atoms with E-state index in [1.54, 1.807) is 0 Å². The monoisotopic (exact) mass is 156 g/mol. The van der Waals surface area contributed by atoms with Crippen molar-refractivity contribution in [1.29, 1.82) is 0 Å². The van der Waals surface area contributed by atoms with Gasteiger partial charge in [-0.15, -0.1) is 0 Å². The van der Waals surface area contributed by atoms with Gasteiger partial charge in [-0.2, -0.15) is 0 Å². The molecule has 11 heavy (non-hydrogen) atoms. The summed E-state index contributed by atoms with van der Waals surface area (Å²) >= 11 is 0. The van der Waals surface area contributed by atoms with Gasteiger partial charge in [0.1, 0.15) is 6.17 Å². The predicted molar refractivity (Wildman–Crippen MR) is 39.4 cm³/mol. The van der Waals surface area contributed by atoms with Crippen LogP contribution in [0, 0.1) is 5.92 Å². The van der Waals surface area contributed by atoms with E-state index in [1.165, 1.54) is 0 Å². The number of hydrazine groups is 1. The molecule has 62 valence electrons. The van der Waals surface area contributed by atoms with Crippen molar-refractivity contribution >= 4 is 0 Å². The fourth-order valence-corrected chi connectivity index (χ4v) is 3.06. The van der Waals surface area contributed by atoms with Gasteiger partial charge in [-0.1, -0.05) is 0 Å². The molecule has 1 saturated heterocycles. The zero-order valence-corrected chi connectivity index (χ0v) is 6.46. The van der Waals surface area contributed by atoms with Gasteiger partial charge in [0.25, 0.3) is 0 Å². The molecule has 0 amide bonds. The SMILES string of the molecule is NN1C2CC(F)C(C2)C12CC2. The van der Waals surface area contributed by atoms with Gasteiger partial charge >= 0.3 is 0 Å². The number of hydrogen-bond donors (Lipinski definition) is 1. The van der Waals surface area contributed by atoms with E-state index in [-0.39, 0.29) is 11.5 Å². The highest BCUT2D eigenvalue weighted by Gasteiger charge is 2.66. The maximum atomic E-state index is 13.2. The molecule has 3 aliphatic rings. The number of fused-ring (bicyclic) bond motifs is 3. The van der Waals surface area contributed by atoms with Gasteiger partial charge in [-0.05, 0) is 25.7 Å². The Morgan fingerprint density at radius 1 is 1.36 bits per heavy atom. The number of nitrogens with zero attached hydrogens (tertiary/aromatic N) is 1. The lowest BCUT2D eigenvalue weighted by molar-refractivity contribution is 0.0660. The summed E-state index contributed by atoms with van der Waals surface area (Å²) in [6.07, 6.45) is 3.40. The zero-order valence-electron chi connectivity index (χ0n) is 6.46. The summed E-state index contributed by atoms with van der Waals surface area (Å²) < 4.78 is 13.2. The van der Waals surface area contributed by atoms with E-state index in [1.807, 2.05) is 5.01 Å². The smallest absolute Gasteiger partial charge is 0.106 e. The molecule has 2 bridgehead atoms. The van der Waals surface area contributed by atoms with Crippen LogP contribution in [0.1, 0.15) is 25.7 Å². The van der Waals surface area contributed by atoms with Crippen molar-refractivity contribution in [2.75, 3.05) is 0 Å². The number of piperidine rings is 1. The van der Waals surface area contributed by atoms with Gasteiger partial charge in [0, 0.05) is 17.5 Å². The third-order valence-electron chi connectivity index (χ3n) is 3.82. The summed E-state index contributed by atoms with van der Waals surface area (Å²) in [4.78, 5) is 0. The lowest BCUT2D eigenvalue weighted by Crippen LogP contribution is -2.50. The number of rotatable bonds is 0. The van der Waals surface area contributed by atoms with Crippen LogP contribution < -0.4 is 5.84 Å². The van der Waals surface area contributed by atoms with Gasteiger partial charge in [0.15, 0.2) is 0 Å². The van der Waals surface area contributed by atoms with E-state index in [0.717, 1.165) is 19.3 Å². The molecule has 0 aromatic carbocycles. The first kappa shape index (κ1) is 6.38. The van der Waals surface area contributed by atoms with E-state index in [4.69, 9.17) is 5.84 Å². The van der Waals surface area contributed by atoms with Crippen molar-refractivity contribution in [3.63, 3.8) is 0 Å². The number of halogens is 1. The molecule has 1 heterocycles. The van der Waals surface area contributed by atoms with Crippen molar-refractivity contribution in [2.45, 2.75) is 43.4 Å². The molecule has 2 saturated carbocycles. The first-order chi connectivity index (χ1) is 5.24. The standard InChI is InChI=1S/C8H13FN2/c9-7-4-5-3-6(7)8(1-2-8)11(5)10/h5-7H,1-4,10H2. The fourth-order valence-electron chi connectivity index (χ4n) is 3.06. The van der Waals surface area contributed by atoms with E-state index in [0.29, 0.717) is 12.5 Å². The van der Waals surface area contributed by atoms with Crippen molar-refractivity contribution in [2.24, 2.45) is 11.8 Å². The minimum atomic E-state index is -0.553. The maximum Gasteiger partial charge on any atom is 0.106 e. The Labute approximate surface area is 65.5 Å². The van der Waals surface area contributed by atoms with Gasteiger partial charge in [-0.25, -0.2) is 9.40 Å². The van der Waals surface area contributed by atoms with Crippen LogP contribution in [0.25, 0.3) is 0 Å². The molecular formula is C8H13FN2. The zero-order chi connectivity index (χ0) is 7.64. The average molecular weight is 156 g/mol.